The van der Waals surface area contributed by atoms with Crippen molar-refractivity contribution in [2.24, 2.45) is 5.10 Å². The van der Waals surface area contributed by atoms with Crippen LogP contribution in [0.25, 0.3) is 5.82 Å². The van der Waals surface area contributed by atoms with Gasteiger partial charge < -0.3 is 9.26 Å². The summed E-state index contributed by atoms with van der Waals surface area (Å²) >= 11 is 0. The highest BCUT2D eigenvalue weighted by atomic mass is 16.5. The van der Waals surface area contributed by atoms with Crippen molar-refractivity contribution in [1.29, 1.82) is 5.26 Å². The van der Waals surface area contributed by atoms with Crippen molar-refractivity contribution in [2.75, 3.05) is 6.61 Å². The summed E-state index contributed by atoms with van der Waals surface area (Å²) in [6.07, 6.45) is 1.56. The van der Waals surface area contributed by atoms with Gasteiger partial charge in [0.25, 0.3) is 5.91 Å². The van der Waals surface area contributed by atoms with Gasteiger partial charge in [-0.25, -0.2) is 5.43 Å². The Balaban J connectivity index is 1.62. The molecule has 0 fully saturated rings. The Hall–Kier alpha value is -3.86. The Morgan fingerprint density at radius 2 is 2.14 bits per heavy atom. The maximum absolute atomic E-state index is 11.9. The summed E-state index contributed by atoms with van der Waals surface area (Å²) in [7, 11) is 0. The second-order valence-corrected chi connectivity index (χ2v) is 6.15. The number of para-hydroxylation sites is 1. The quantitative estimate of drug-likeness (QED) is 0.525. The number of aromatic nitrogens is 2. The van der Waals surface area contributed by atoms with E-state index in [4.69, 9.17) is 14.5 Å². The van der Waals surface area contributed by atoms with E-state index in [1.54, 1.807) is 30.5 Å². The van der Waals surface area contributed by atoms with E-state index in [9.17, 15) is 4.79 Å². The molecule has 0 aliphatic rings. The average molecular weight is 377 g/mol. The molecule has 8 nitrogen and oxygen atoms in total. The number of aryl methyl sites for hydroxylation is 2. The van der Waals surface area contributed by atoms with Gasteiger partial charge in [-0.3, -0.25) is 9.36 Å². The first-order chi connectivity index (χ1) is 13.5. The molecule has 8 heteroatoms. The Morgan fingerprint density at radius 1 is 1.36 bits per heavy atom. The van der Waals surface area contributed by atoms with Crippen LogP contribution in [0.5, 0.6) is 5.75 Å². The van der Waals surface area contributed by atoms with Crippen LogP contribution in [0.2, 0.25) is 0 Å². The predicted molar refractivity (Wildman–Crippen MR) is 102 cm³/mol. The summed E-state index contributed by atoms with van der Waals surface area (Å²) in [6.45, 7) is 5.47. The molecule has 0 bridgehead atoms. The molecule has 28 heavy (non-hydrogen) atoms. The molecule has 0 saturated heterocycles. The van der Waals surface area contributed by atoms with Crippen LogP contribution in [0, 0.1) is 32.1 Å². The summed E-state index contributed by atoms with van der Waals surface area (Å²) in [5, 5.41) is 17.0. The number of ether oxygens (including phenoxy) is 1. The SMILES string of the molecule is Cc1cc(-n2c(C)cc(/C=N/NC(=O)COc3ccccc3C#N)c2C)no1. The van der Waals surface area contributed by atoms with Crippen LogP contribution in [0.4, 0.5) is 0 Å². The van der Waals surface area contributed by atoms with Gasteiger partial charge in [-0.2, -0.15) is 10.4 Å². The summed E-state index contributed by atoms with van der Waals surface area (Å²) in [6, 6.07) is 12.5. The highest BCUT2D eigenvalue weighted by Crippen LogP contribution is 2.19. The number of nitriles is 1. The number of nitrogens with zero attached hydrogens (tertiary/aromatic N) is 4. The maximum atomic E-state index is 11.9. The lowest BCUT2D eigenvalue weighted by Crippen LogP contribution is -2.24. The molecular weight excluding hydrogens is 358 g/mol. The number of carbonyl (C=O) groups excluding carboxylic acids is 1. The Labute approximate surface area is 162 Å². The van der Waals surface area contributed by atoms with Crippen LogP contribution < -0.4 is 10.2 Å². The normalized spacial score (nSPS) is 10.8. The molecule has 1 aromatic carbocycles. The van der Waals surface area contributed by atoms with Crippen molar-refractivity contribution in [3.63, 3.8) is 0 Å². The second kappa shape index (κ2) is 8.22. The minimum Gasteiger partial charge on any atom is -0.482 e. The van der Waals surface area contributed by atoms with Crippen LogP contribution in [0.1, 0.15) is 28.3 Å². The van der Waals surface area contributed by atoms with Crippen molar-refractivity contribution in [2.45, 2.75) is 20.8 Å². The van der Waals surface area contributed by atoms with E-state index in [2.05, 4.69) is 15.7 Å². The highest BCUT2D eigenvalue weighted by molar-refractivity contribution is 5.84. The number of nitrogens with one attached hydrogen (secondary N) is 1. The fourth-order valence-corrected chi connectivity index (χ4v) is 2.76. The molecule has 1 amide bonds. The molecule has 3 aromatic rings. The lowest BCUT2D eigenvalue weighted by Gasteiger charge is -2.06. The molecule has 0 radical (unpaired) electrons. The van der Waals surface area contributed by atoms with Gasteiger partial charge in [-0.15, -0.1) is 0 Å². The first-order valence-corrected chi connectivity index (χ1v) is 8.56. The minimum atomic E-state index is -0.426. The summed E-state index contributed by atoms with van der Waals surface area (Å²) in [5.41, 5.74) is 5.52. The number of rotatable bonds is 6. The zero-order valence-electron chi connectivity index (χ0n) is 15.8. The lowest BCUT2D eigenvalue weighted by molar-refractivity contribution is -0.123. The standard InChI is InChI=1S/C20H19N5O3/c1-13-8-17(15(3)25(13)19-9-14(2)28-24-19)11-22-23-20(26)12-27-18-7-5-4-6-16(18)10-21/h4-9,11H,12H2,1-3H3,(H,23,26)/b22-11+. The predicted octanol–water partition coefficient (Wildman–Crippen LogP) is 2.79. The second-order valence-electron chi connectivity index (χ2n) is 6.15. The topological polar surface area (TPSA) is 105 Å². The number of hydrazone groups is 1. The lowest BCUT2D eigenvalue weighted by atomic mass is 10.2. The van der Waals surface area contributed by atoms with E-state index >= 15 is 0 Å². The van der Waals surface area contributed by atoms with E-state index < -0.39 is 5.91 Å². The number of benzene rings is 1. The Kier molecular flexibility index (Phi) is 5.56. The van der Waals surface area contributed by atoms with Crippen LogP contribution in [-0.4, -0.2) is 28.5 Å². The molecule has 0 spiro atoms. The third kappa shape index (κ3) is 4.10. The fraction of sp³-hybridized carbons (Fsp3) is 0.200. The van der Waals surface area contributed by atoms with Crippen molar-refractivity contribution in [3.05, 3.63) is 64.7 Å². The summed E-state index contributed by atoms with van der Waals surface area (Å²) < 4.78 is 12.4. The molecule has 2 heterocycles. The third-order valence-electron chi connectivity index (χ3n) is 4.07. The van der Waals surface area contributed by atoms with Crippen molar-refractivity contribution < 1.29 is 14.1 Å². The largest absolute Gasteiger partial charge is 0.482 e. The zero-order chi connectivity index (χ0) is 20.1. The number of hydrogen-bond donors (Lipinski definition) is 1. The highest BCUT2D eigenvalue weighted by Gasteiger charge is 2.12. The van der Waals surface area contributed by atoms with E-state index in [-0.39, 0.29) is 6.61 Å². The molecule has 1 N–H and O–H groups in total. The molecular formula is C20H19N5O3. The van der Waals surface area contributed by atoms with Gasteiger partial charge in [-0.05, 0) is 39.0 Å². The van der Waals surface area contributed by atoms with Gasteiger partial charge in [0.1, 0.15) is 17.6 Å². The minimum absolute atomic E-state index is 0.243. The fourth-order valence-electron chi connectivity index (χ4n) is 2.76. The van der Waals surface area contributed by atoms with Crippen molar-refractivity contribution >= 4 is 12.1 Å². The molecule has 0 unspecified atom stereocenters. The molecule has 2 aromatic heterocycles. The third-order valence-corrected chi connectivity index (χ3v) is 4.07. The number of carbonyl (C=O) groups is 1. The molecule has 0 aliphatic carbocycles. The van der Waals surface area contributed by atoms with E-state index in [0.717, 1.165) is 22.7 Å². The smallest absolute Gasteiger partial charge is 0.277 e. The van der Waals surface area contributed by atoms with Crippen molar-refractivity contribution in [1.82, 2.24) is 15.1 Å². The van der Waals surface area contributed by atoms with Gasteiger partial charge in [0.2, 0.25) is 0 Å². The van der Waals surface area contributed by atoms with Gasteiger partial charge in [0.05, 0.1) is 11.8 Å². The first kappa shape index (κ1) is 18.9. The Bertz CT molecular complexity index is 1070. The van der Waals surface area contributed by atoms with E-state index in [1.807, 2.05) is 43.5 Å². The van der Waals surface area contributed by atoms with Gasteiger partial charge in [0.15, 0.2) is 12.4 Å². The van der Waals surface area contributed by atoms with Crippen LogP contribution >= 0.6 is 0 Å². The number of hydrogen-bond acceptors (Lipinski definition) is 6. The monoisotopic (exact) mass is 377 g/mol. The van der Waals surface area contributed by atoms with Crippen molar-refractivity contribution in [3.8, 4) is 17.6 Å². The van der Waals surface area contributed by atoms with Gasteiger partial charge >= 0.3 is 0 Å². The zero-order valence-corrected chi connectivity index (χ0v) is 15.8. The Morgan fingerprint density at radius 3 is 2.86 bits per heavy atom. The molecule has 0 atom stereocenters. The van der Waals surface area contributed by atoms with Gasteiger partial charge in [-0.1, -0.05) is 17.3 Å². The number of amides is 1. The first-order valence-electron chi connectivity index (χ1n) is 8.56. The molecule has 142 valence electrons. The van der Waals surface area contributed by atoms with E-state index in [1.165, 1.54) is 0 Å². The van der Waals surface area contributed by atoms with E-state index in [0.29, 0.717) is 17.1 Å². The summed E-state index contributed by atoms with van der Waals surface area (Å²) in [5.74, 6) is 1.35. The maximum Gasteiger partial charge on any atom is 0.277 e. The van der Waals surface area contributed by atoms with Crippen LogP contribution in [-0.2, 0) is 4.79 Å². The van der Waals surface area contributed by atoms with Crippen LogP contribution in [0.3, 0.4) is 0 Å². The molecule has 0 aliphatic heterocycles. The van der Waals surface area contributed by atoms with Gasteiger partial charge in [0, 0.05) is 23.0 Å². The van der Waals surface area contributed by atoms with Crippen LogP contribution in [0.15, 0.2) is 46.0 Å². The molecule has 3 rings (SSSR count). The molecule has 0 saturated carbocycles. The summed E-state index contributed by atoms with van der Waals surface area (Å²) in [4.78, 5) is 11.9. The average Bonchev–Trinajstić information content (AvgIpc) is 3.22.